The number of aryl methyl sites for hydroxylation is 1. The molecule has 5 heterocycles. The van der Waals surface area contributed by atoms with Crippen LogP contribution in [-0.2, 0) is 22.1 Å². The second-order valence-corrected chi connectivity index (χ2v) is 15.0. The third kappa shape index (κ3) is 5.97. The van der Waals surface area contributed by atoms with Crippen molar-refractivity contribution < 1.29 is 13.2 Å². The van der Waals surface area contributed by atoms with E-state index in [1.54, 1.807) is 17.5 Å². The number of anilines is 1. The first-order valence-corrected chi connectivity index (χ1v) is 16.4. The monoisotopic (exact) mass is 557 g/mol. The maximum atomic E-state index is 12.1. The number of hydrogen-bond donors (Lipinski definition) is 0. The van der Waals surface area contributed by atoms with Gasteiger partial charge in [0.05, 0.1) is 28.8 Å². The zero-order valence-electron chi connectivity index (χ0n) is 23.2. The van der Waals surface area contributed by atoms with Crippen LogP contribution in [0.5, 0.6) is 5.88 Å². The number of piperidine rings is 2. The van der Waals surface area contributed by atoms with Gasteiger partial charge in [0, 0.05) is 53.7 Å². The number of methoxy groups -OCH3 is 1. The van der Waals surface area contributed by atoms with E-state index in [0.29, 0.717) is 16.9 Å². The predicted octanol–water partition coefficient (Wildman–Crippen LogP) is 5.23. The first kappa shape index (κ1) is 27.3. The fourth-order valence-electron chi connectivity index (χ4n) is 5.48. The standard InChI is InChI=1S/C28H39N5O3S2/c1-19-22(17-32-13-9-28(2,3)10-14-32)24-25(37-19)23(30-27(31-24)33-11-7-6-8-12-33)20-15-21(18-38(5,34)35)26(36-4)29-16-20/h15-16H,6-14,17-18H2,1-5H3. The van der Waals surface area contributed by atoms with Crippen LogP contribution >= 0.6 is 11.3 Å². The van der Waals surface area contributed by atoms with Crippen LogP contribution in [0.2, 0.25) is 0 Å². The Morgan fingerprint density at radius 1 is 1.08 bits per heavy atom. The summed E-state index contributed by atoms with van der Waals surface area (Å²) in [6, 6.07) is 1.87. The lowest BCUT2D eigenvalue weighted by Gasteiger charge is -2.36. The largest absolute Gasteiger partial charge is 0.481 e. The van der Waals surface area contributed by atoms with Crippen molar-refractivity contribution in [2.45, 2.75) is 65.2 Å². The quantitative estimate of drug-likeness (QED) is 0.390. The molecule has 206 valence electrons. The molecule has 0 bridgehead atoms. The molecule has 0 saturated carbocycles. The fourth-order valence-corrected chi connectivity index (χ4v) is 7.36. The summed E-state index contributed by atoms with van der Waals surface area (Å²) in [6.07, 6.45) is 8.89. The fraction of sp³-hybridized carbons (Fsp3) is 0.607. The van der Waals surface area contributed by atoms with E-state index >= 15 is 0 Å². The normalized spacial score (nSPS) is 18.7. The Morgan fingerprint density at radius 3 is 2.45 bits per heavy atom. The lowest BCUT2D eigenvalue weighted by atomic mass is 9.82. The van der Waals surface area contributed by atoms with Crippen LogP contribution in [0.4, 0.5) is 5.95 Å². The minimum atomic E-state index is -3.27. The van der Waals surface area contributed by atoms with E-state index < -0.39 is 9.84 Å². The van der Waals surface area contributed by atoms with Crippen LogP contribution in [0, 0.1) is 12.3 Å². The van der Waals surface area contributed by atoms with Crippen molar-refractivity contribution in [2.24, 2.45) is 5.41 Å². The Balaban J connectivity index is 1.62. The van der Waals surface area contributed by atoms with Gasteiger partial charge in [-0.1, -0.05) is 13.8 Å². The molecule has 0 amide bonds. The second kappa shape index (κ2) is 10.7. The molecule has 3 aromatic heterocycles. The average Bonchev–Trinajstić information content (AvgIpc) is 3.19. The van der Waals surface area contributed by atoms with E-state index in [2.05, 4.69) is 35.6 Å². The minimum absolute atomic E-state index is 0.135. The number of rotatable bonds is 7. The van der Waals surface area contributed by atoms with E-state index in [9.17, 15) is 8.42 Å². The number of fused-ring (bicyclic) bond motifs is 1. The second-order valence-electron chi connectivity index (χ2n) is 11.6. The van der Waals surface area contributed by atoms with Crippen LogP contribution < -0.4 is 9.64 Å². The molecule has 0 aliphatic carbocycles. The Morgan fingerprint density at radius 2 is 1.79 bits per heavy atom. The number of nitrogens with zero attached hydrogens (tertiary/aromatic N) is 5. The van der Waals surface area contributed by atoms with Crippen LogP contribution in [-0.4, -0.2) is 67.8 Å². The lowest BCUT2D eigenvalue weighted by molar-refractivity contribution is 0.127. The number of thiophene rings is 1. The Bertz CT molecular complexity index is 1420. The van der Waals surface area contributed by atoms with Crippen molar-refractivity contribution in [2.75, 3.05) is 44.4 Å². The highest BCUT2D eigenvalue weighted by atomic mass is 32.2. The van der Waals surface area contributed by atoms with Crippen molar-refractivity contribution in [3.05, 3.63) is 28.3 Å². The molecule has 0 atom stereocenters. The predicted molar refractivity (Wildman–Crippen MR) is 155 cm³/mol. The van der Waals surface area contributed by atoms with Crippen molar-refractivity contribution >= 4 is 37.3 Å². The van der Waals surface area contributed by atoms with Crippen LogP contribution in [0.1, 0.15) is 62.0 Å². The SMILES string of the molecule is COc1ncc(-c2nc(N3CCCCC3)nc3c(CN4CCC(C)(C)CC4)c(C)sc23)cc1CS(C)(=O)=O. The number of sulfone groups is 1. The molecule has 10 heteroatoms. The molecule has 2 aliphatic heterocycles. The van der Waals surface area contributed by atoms with Gasteiger partial charge in [-0.25, -0.2) is 23.4 Å². The summed E-state index contributed by atoms with van der Waals surface area (Å²) < 4.78 is 30.7. The first-order chi connectivity index (χ1) is 18.0. The number of hydrogen-bond acceptors (Lipinski definition) is 9. The van der Waals surface area contributed by atoms with Gasteiger partial charge >= 0.3 is 0 Å². The molecule has 0 N–H and O–H groups in total. The molecule has 5 rings (SSSR count). The Hall–Kier alpha value is -2.30. The molecule has 3 aromatic rings. The number of likely N-dealkylation sites (tertiary alicyclic amines) is 1. The van der Waals surface area contributed by atoms with Gasteiger partial charge in [0.2, 0.25) is 11.8 Å². The van der Waals surface area contributed by atoms with Crippen molar-refractivity contribution in [3.63, 3.8) is 0 Å². The topological polar surface area (TPSA) is 88.5 Å². The first-order valence-electron chi connectivity index (χ1n) is 13.5. The molecule has 38 heavy (non-hydrogen) atoms. The molecule has 0 spiro atoms. The molecule has 0 radical (unpaired) electrons. The summed E-state index contributed by atoms with van der Waals surface area (Å²) in [7, 11) is -1.75. The van der Waals surface area contributed by atoms with Gasteiger partial charge in [0.15, 0.2) is 9.84 Å². The summed E-state index contributed by atoms with van der Waals surface area (Å²) in [5, 5.41) is 0. The Kier molecular flexibility index (Phi) is 7.68. The van der Waals surface area contributed by atoms with Crippen molar-refractivity contribution in [1.82, 2.24) is 19.9 Å². The summed E-state index contributed by atoms with van der Waals surface area (Å²) in [5.74, 6) is 0.952. The molecule has 0 unspecified atom stereocenters. The third-order valence-corrected chi connectivity index (χ3v) is 9.84. The van der Waals surface area contributed by atoms with Crippen LogP contribution in [0.15, 0.2) is 12.3 Å². The number of pyridine rings is 1. The van der Waals surface area contributed by atoms with Gasteiger partial charge in [-0.2, -0.15) is 0 Å². The van der Waals surface area contributed by atoms with Crippen LogP contribution in [0.3, 0.4) is 0 Å². The van der Waals surface area contributed by atoms with E-state index in [4.69, 9.17) is 14.7 Å². The summed E-state index contributed by atoms with van der Waals surface area (Å²) >= 11 is 1.73. The molecule has 0 aromatic carbocycles. The van der Waals surface area contributed by atoms with Gasteiger partial charge in [0.1, 0.15) is 0 Å². The van der Waals surface area contributed by atoms with Gasteiger partial charge in [0.25, 0.3) is 0 Å². The van der Waals surface area contributed by atoms with Gasteiger partial charge < -0.3 is 9.64 Å². The van der Waals surface area contributed by atoms with Gasteiger partial charge in [-0.05, 0) is 63.6 Å². The Labute approximate surface area is 230 Å². The van der Waals surface area contributed by atoms with Crippen molar-refractivity contribution in [3.8, 4) is 17.1 Å². The zero-order valence-corrected chi connectivity index (χ0v) is 24.8. The zero-order chi connectivity index (χ0) is 27.1. The lowest BCUT2D eigenvalue weighted by Crippen LogP contribution is -2.36. The summed E-state index contributed by atoms with van der Waals surface area (Å²) in [5.41, 5.74) is 4.86. The maximum Gasteiger partial charge on any atom is 0.226 e. The highest BCUT2D eigenvalue weighted by Crippen LogP contribution is 2.40. The van der Waals surface area contributed by atoms with E-state index in [1.165, 1.54) is 43.1 Å². The number of ether oxygens (including phenoxy) is 1. The molecular formula is C28H39N5O3S2. The third-order valence-electron chi connectivity index (χ3n) is 7.86. The van der Waals surface area contributed by atoms with E-state index in [-0.39, 0.29) is 5.75 Å². The van der Waals surface area contributed by atoms with E-state index in [0.717, 1.165) is 73.0 Å². The smallest absolute Gasteiger partial charge is 0.226 e. The molecule has 2 aliphatic rings. The van der Waals surface area contributed by atoms with Crippen LogP contribution in [0.25, 0.3) is 21.5 Å². The molecular weight excluding hydrogens is 518 g/mol. The molecule has 8 nitrogen and oxygen atoms in total. The van der Waals surface area contributed by atoms with Gasteiger partial charge in [-0.15, -0.1) is 11.3 Å². The number of aromatic nitrogens is 3. The highest BCUT2D eigenvalue weighted by molar-refractivity contribution is 7.89. The van der Waals surface area contributed by atoms with E-state index in [1.807, 2.05) is 6.07 Å². The highest BCUT2D eigenvalue weighted by Gasteiger charge is 2.28. The summed E-state index contributed by atoms with van der Waals surface area (Å²) in [6.45, 7) is 11.9. The minimum Gasteiger partial charge on any atom is -0.481 e. The van der Waals surface area contributed by atoms with Crippen molar-refractivity contribution in [1.29, 1.82) is 0 Å². The average molecular weight is 558 g/mol. The summed E-state index contributed by atoms with van der Waals surface area (Å²) in [4.78, 5) is 20.8. The maximum absolute atomic E-state index is 12.1. The molecule has 2 saturated heterocycles. The molecule has 2 fully saturated rings. The van der Waals surface area contributed by atoms with Gasteiger partial charge in [-0.3, -0.25) is 4.90 Å².